The standard InChI is InChI=1S/C22H16N6O/c23-12-18-10-9-17(13-24-18)14-3-5-15(6-4-14)19-2-1-11-28-20(19)25-22(27-28)26-21(29)16-7-8-16/h1-6,9-11,13,16H,7-8H2,(H,26,27,29). The molecule has 29 heavy (non-hydrogen) atoms. The lowest BCUT2D eigenvalue weighted by Gasteiger charge is -2.05. The number of hydrogen-bond acceptors (Lipinski definition) is 5. The quantitative estimate of drug-likeness (QED) is 0.583. The molecule has 1 N–H and O–H groups in total. The minimum atomic E-state index is -0.0113. The maximum Gasteiger partial charge on any atom is 0.249 e. The van der Waals surface area contributed by atoms with Gasteiger partial charge in [0.25, 0.3) is 0 Å². The lowest BCUT2D eigenvalue weighted by atomic mass is 10.0. The zero-order chi connectivity index (χ0) is 19.8. The van der Waals surface area contributed by atoms with Gasteiger partial charge < -0.3 is 0 Å². The van der Waals surface area contributed by atoms with E-state index in [9.17, 15) is 4.79 Å². The van der Waals surface area contributed by atoms with Gasteiger partial charge >= 0.3 is 0 Å². The van der Waals surface area contributed by atoms with Crippen LogP contribution in [0.2, 0.25) is 0 Å². The summed E-state index contributed by atoms with van der Waals surface area (Å²) in [4.78, 5) is 20.6. The van der Waals surface area contributed by atoms with Gasteiger partial charge in [0.15, 0.2) is 5.65 Å². The summed E-state index contributed by atoms with van der Waals surface area (Å²) in [5.74, 6) is 0.419. The third-order valence-corrected chi connectivity index (χ3v) is 4.95. The second kappa shape index (κ2) is 6.84. The molecule has 0 bridgehead atoms. The van der Waals surface area contributed by atoms with Crippen molar-refractivity contribution in [3.8, 4) is 28.3 Å². The van der Waals surface area contributed by atoms with Crippen molar-refractivity contribution >= 4 is 17.5 Å². The van der Waals surface area contributed by atoms with Crippen molar-refractivity contribution in [1.29, 1.82) is 5.26 Å². The van der Waals surface area contributed by atoms with Crippen LogP contribution in [0.25, 0.3) is 27.9 Å². The summed E-state index contributed by atoms with van der Waals surface area (Å²) in [5.41, 5.74) is 4.96. The van der Waals surface area contributed by atoms with E-state index in [0.29, 0.717) is 17.3 Å². The molecule has 1 saturated carbocycles. The Kier molecular flexibility index (Phi) is 4.03. The van der Waals surface area contributed by atoms with E-state index >= 15 is 0 Å². The molecule has 7 nitrogen and oxygen atoms in total. The maximum atomic E-state index is 12.0. The molecule has 1 amide bonds. The summed E-state index contributed by atoms with van der Waals surface area (Å²) >= 11 is 0. The van der Waals surface area contributed by atoms with E-state index in [-0.39, 0.29) is 11.8 Å². The smallest absolute Gasteiger partial charge is 0.249 e. The largest absolute Gasteiger partial charge is 0.293 e. The van der Waals surface area contributed by atoms with E-state index in [1.54, 1.807) is 16.8 Å². The number of fused-ring (bicyclic) bond motifs is 1. The van der Waals surface area contributed by atoms with Crippen molar-refractivity contribution in [3.05, 3.63) is 66.6 Å². The molecule has 0 radical (unpaired) electrons. The van der Waals surface area contributed by atoms with Gasteiger partial charge in [-0.15, -0.1) is 5.10 Å². The van der Waals surface area contributed by atoms with Crippen molar-refractivity contribution in [3.63, 3.8) is 0 Å². The van der Waals surface area contributed by atoms with Gasteiger partial charge in [0, 0.05) is 29.4 Å². The van der Waals surface area contributed by atoms with Crippen LogP contribution in [-0.2, 0) is 4.79 Å². The first-order chi connectivity index (χ1) is 14.2. The minimum absolute atomic E-state index is 0.0113. The number of carbonyl (C=O) groups is 1. The molecule has 1 aliphatic rings. The first-order valence-corrected chi connectivity index (χ1v) is 9.34. The second-order valence-electron chi connectivity index (χ2n) is 7.01. The fraction of sp³-hybridized carbons (Fsp3) is 0.136. The van der Waals surface area contributed by atoms with Gasteiger partial charge in [0.2, 0.25) is 11.9 Å². The number of amides is 1. The number of nitrogens with one attached hydrogen (secondary N) is 1. The number of hydrogen-bond donors (Lipinski definition) is 1. The van der Waals surface area contributed by atoms with Crippen molar-refractivity contribution < 1.29 is 4.79 Å². The van der Waals surface area contributed by atoms with Crippen LogP contribution in [0.15, 0.2) is 60.9 Å². The number of rotatable bonds is 4. The highest BCUT2D eigenvalue weighted by molar-refractivity contribution is 5.93. The molecule has 0 saturated heterocycles. The summed E-state index contributed by atoms with van der Waals surface area (Å²) in [6.07, 6.45) is 5.38. The Labute approximate surface area is 166 Å². The molecule has 0 aliphatic heterocycles. The molecule has 3 heterocycles. The average molecular weight is 380 g/mol. The van der Waals surface area contributed by atoms with Gasteiger partial charge in [-0.3, -0.25) is 10.1 Å². The third-order valence-electron chi connectivity index (χ3n) is 4.95. The normalized spacial score (nSPS) is 13.2. The number of carbonyl (C=O) groups excluding carboxylic acids is 1. The second-order valence-corrected chi connectivity index (χ2v) is 7.01. The van der Waals surface area contributed by atoms with Gasteiger partial charge in [0.1, 0.15) is 11.8 Å². The van der Waals surface area contributed by atoms with Crippen LogP contribution in [0.4, 0.5) is 5.95 Å². The van der Waals surface area contributed by atoms with Crippen LogP contribution in [-0.4, -0.2) is 25.5 Å². The number of nitrogens with zero attached hydrogens (tertiary/aromatic N) is 5. The number of benzene rings is 1. The summed E-state index contributed by atoms with van der Waals surface area (Å²) < 4.78 is 1.68. The Morgan fingerprint density at radius 2 is 1.83 bits per heavy atom. The first kappa shape index (κ1) is 17.1. The molecule has 5 rings (SSSR count). The van der Waals surface area contributed by atoms with E-state index in [4.69, 9.17) is 5.26 Å². The zero-order valence-electron chi connectivity index (χ0n) is 15.4. The molecular weight excluding hydrogens is 364 g/mol. The third kappa shape index (κ3) is 3.32. The summed E-state index contributed by atoms with van der Waals surface area (Å²) in [5, 5.41) is 16.0. The van der Waals surface area contributed by atoms with Gasteiger partial charge in [0.05, 0.1) is 0 Å². The monoisotopic (exact) mass is 380 g/mol. The molecule has 7 heteroatoms. The van der Waals surface area contributed by atoms with Gasteiger partial charge in [-0.2, -0.15) is 10.2 Å². The fourth-order valence-corrected chi connectivity index (χ4v) is 3.22. The van der Waals surface area contributed by atoms with Crippen molar-refractivity contribution in [2.75, 3.05) is 5.32 Å². The Bertz CT molecular complexity index is 1250. The molecule has 0 atom stereocenters. The van der Waals surface area contributed by atoms with Crippen LogP contribution < -0.4 is 5.32 Å². The predicted molar refractivity (Wildman–Crippen MR) is 108 cm³/mol. The molecule has 4 aromatic rings. The first-order valence-electron chi connectivity index (χ1n) is 9.34. The number of anilines is 1. The lowest BCUT2D eigenvalue weighted by molar-refractivity contribution is -0.117. The minimum Gasteiger partial charge on any atom is -0.293 e. The highest BCUT2D eigenvalue weighted by Crippen LogP contribution is 2.30. The highest BCUT2D eigenvalue weighted by atomic mass is 16.2. The van der Waals surface area contributed by atoms with Crippen molar-refractivity contribution in [1.82, 2.24) is 19.6 Å². The summed E-state index contributed by atoms with van der Waals surface area (Å²) in [6, 6.07) is 17.5. The van der Waals surface area contributed by atoms with Gasteiger partial charge in [-0.1, -0.05) is 24.3 Å². The highest BCUT2D eigenvalue weighted by Gasteiger charge is 2.30. The molecule has 1 aliphatic carbocycles. The molecule has 1 fully saturated rings. The van der Waals surface area contributed by atoms with Crippen molar-refractivity contribution in [2.45, 2.75) is 12.8 Å². The molecular formula is C22H16N6O. The number of pyridine rings is 2. The van der Waals surface area contributed by atoms with E-state index in [2.05, 4.69) is 20.4 Å². The molecule has 1 aromatic carbocycles. The van der Waals surface area contributed by atoms with Gasteiger partial charge in [-0.05, 0) is 48.2 Å². The molecule has 0 unspecified atom stereocenters. The topological polar surface area (TPSA) is 96.0 Å². The number of nitriles is 1. The predicted octanol–water partition coefficient (Wildman–Crippen LogP) is 3.68. The van der Waals surface area contributed by atoms with E-state index in [0.717, 1.165) is 35.1 Å². The summed E-state index contributed by atoms with van der Waals surface area (Å²) in [7, 11) is 0. The van der Waals surface area contributed by atoms with Crippen molar-refractivity contribution in [2.24, 2.45) is 5.92 Å². The van der Waals surface area contributed by atoms with E-state index in [1.807, 2.05) is 54.7 Å². The van der Waals surface area contributed by atoms with Crippen LogP contribution in [0, 0.1) is 17.2 Å². The maximum absolute atomic E-state index is 12.0. The Balaban J connectivity index is 1.45. The van der Waals surface area contributed by atoms with E-state index < -0.39 is 0 Å². The SMILES string of the molecule is N#Cc1ccc(-c2ccc(-c3cccn4nc(NC(=O)C5CC5)nc34)cc2)cn1. The Morgan fingerprint density at radius 1 is 1.07 bits per heavy atom. The average Bonchev–Trinajstić information content (AvgIpc) is 3.54. The van der Waals surface area contributed by atoms with Crippen LogP contribution >= 0.6 is 0 Å². The lowest BCUT2D eigenvalue weighted by Crippen LogP contribution is -2.14. The molecule has 0 spiro atoms. The fourth-order valence-electron chi connectivity index (χ4n) is 3.22. The zero-order valence-corrected chi connectivity index (χ0v) is 15.4. The Morgan fingerprint density at radius 3 is 2.52 bits per heavy atom. The number of aromatic nitrogens is 4. The van der Waals surface area contributed by atoms with Crippen LogP contribution in [0.3, 0.4) is 0 Å². The summed E-state index contributed by atoms with van der Waals surface area (Å²) in [6.45, 7) is 0. The molecule has 140 valence electrons. The van der Waals surface area contributed by atoms with Crippen LogP contribution in [0.5, 0.6) is 0 Å². The Hall–Kier alpha value is -4.05. The van der Waals surface area contributed by atoms with E-state index in [1.165, 1.54) is 0 Å². The van der Waals surface area contributed by atoms with Crippen LogP contribution in [0.1, 0.15) is 18.5 Å². The molecule has 3 aromatic heterocycles. The van der Waals surface area contributed by atoms with Gasteiger partial charge in [-0.25, -0.2) is 9.50 Å².